The van der Waals surface area contributed by atoms with Crippen LogP contribution in [0, 0.1) is 12.7 Å². The van der Waals surface area contributed by atoms with Crippen LogP contribution in [-0.4, -0.2) is 7.11 Å². The van der Waals surface area contributed by atoms with Gasteiger partial charge in [-0.1, -0.05) is 34.1 Å². The van der Waals surface area contributed by atoms with Crippen LogP contribution in [0.5, 0.6) is 0 Å². The second kappa shape index (κ2) is 6.86. The molecule has 1 N–H and O–H groups in total. The molecule has 0 fully saturated rings. The van der Waals surface area contributed by atoms with Crippen LogP contribution >= 0.6 is 15.9 Å². The molecule has 2 nitrogen and oxygen atoms in total. The van der Waals surface area contributed by atoms with Gasteiger partial charge in [-0.3, -0.25) is 0 Å². The summed E-state index contributed by atoms with van der Waals surface area (Å²) in [5.41, 5.74) is 3.81. The predicted octanol–water partition coefficient (Wildman–Crippen LogP) is 4.66. The predicted molar refractivity (Wildman–Crippen MR) is 83.3 cm³/mol. The maximum Gasteiger partial charge on any atom is 0.126 e. The highest BCUT2D eigenvalue weighted by Gasteiger charge is 2.06. The van der Waals surface area contributed by atoms with Crippen molar-refractivity contribution in [2.75, 3.05) is 12.4 Å². The molecule has 0 saturated heterocycles. The zero-order valence-electron chi connectivity index (χ0n) is 11.5. The number of ether oxygens (including phenoxy) is 1. The van der Waals surface area contributed by atoms with E-state index in [-0.39, 0.29) is 5.82 Å². The van der Waals surface area contributed by atoms with Gasteiger partial charge in [0.2, 0.25) is 0 Å². The highest BCUT2D eigenvalue weighted by Crippen LogP contribution is 2.26. The summed E-state index contributed by atoms with van der Waals surface area (Å²) < 4.78 is 19.5. The Balaban J connectivity index is 2.14. The molecule has 2 aromatic rings. The average Bonchev–Trinajstić information content (AvgIpc) is 2.43. The van der Waals surface area contributed by atoms with E-state index in [1.165, 1.54) is 6.07 Å². The van der Waals surface area contributed by atoms with Crippen LogP contribution in [-0.2, 0) is 17.9 Å². The van der Waals surface area contributed by atoms with Gasteiger partial charge in [-0.2, -0.15) is 0 Å². The molecule has 4 heteroatoms. The summed E-state index contributed by atoms with van der Waals surface area (Å²) in [4.78, 5) is 0. The van der Waals surface area contributed by atoms with E-state index in [9.17, 15) is 4.39 Å². The van der Waals surface area contributed by atoms with Gasteiger partial charge in [0, 0.05) is 29.4 Å². The van der Waals surface area contributed by atoms with Crippen molar-refractivity contribution < 1.29 is 9.13 Å². The van der Waals surface area contributed by atoms with Gasteiger partial charge >= 0.3 is 0 Å². The van der Waals surface area contributed by atoms with Gasteiger partial charge in [0.05, 0.1) is 6.61 Å². The highest BCUT2D eigenvalue weighted by molar-refractivity contribution is 9.10. The first kappa shape index (κ1) is 15.0. The zero-order chi connectivity index (χ0) is 14.5. The first-order chi connectivity index (χ1) is 9.61. The van der Waals surface area contributed by atoms with Crippen molar-refractivity contribution in [3.63, 3.8) is 0 Å². The van der Waals surface area contributed by atoms with Gasteiger partial charge in [0.1, 0.15) is 5.82 Å². The summed E-state index contributed by atoms with van der Waals surface area (Å²) in [5, 5.41) is 3.37. The van der Waals surface area contributed by atoms with E-state index < -0.39 is 0 Å². The van der Waals surface area contributed by atoms with Crippen LogP contribution in [0.15, 0.2) is 40.9 Å². The maximum absolute atomic E-state index is 13.2. The first-order valence-corrected chi connectivity index (χ1v) is 7.16. The number of nitrogens with one attached hydrogen (secondary N) is 1. The van der Waals surface area contributed by atoms with Crippen LogP contribution in [0.2, 0.25) is 0 Å². The van der Waals surface area contributed by atoms with Gasteiger partial charge in [-0.05, 0) is 36.2 Å². The normalized spacial score (nSPS) is 10.6. The maximum atomic E-state index is 13.2. The number of hydrogen-bond acceptors (Lipinski definition) is 2. The Hall–Kier alpha value is -1.39. The van der Waals surface area contributed by atoms with E-state index in [4.69, 9.17) is 4.74 Å². The summed E-state index contributed by atoms with van der Waals surface area (Å²) in [7, 11) is 1.67. The van der Waals surface area contributed by atoms with Crippen molar-refractivity contribution in [3.8, 4) is 0 Å². The standard InChI is InChI=1S/C16H17BrFNO/c1-11-8-12(6-7-15(11)18)9-19-16-5-3-4-14(17)13(16)10-20-2/h3-8,19H,9-10H2,1-2H3. The fraction of sp³-hybridized carbons (Fsp3) is 0.250. The number of aryl methyl sites for hydroxylation is 1. The lowest BCUT2D eigenvalue weighted by molar-refractivity contribution is 0.185. The molecular weight excluding hydrogens is 321 g/mol. The Labute approximate surface area is 127 Å². The number of methoxy groups -OCH3 is 1. The second-order valence-corrected chi connectivity index (χ2v) is 5.49. The molecule has 0 heterocycles. The van der Waals surface area contributed by atoms with E-state index in [1.807, 2.05) is 24.3 Å². The second-order valence-electron chi connectivity index (χ2n) is 4.64. The van der Waals surface area contributed by atoms with Gasteiger partial charge in [0.15, 0.2) is 0 Å². The molecule has 0 aliphatic carbocycles. The third-order valence-corrected chi connectivity index (χ3v) is 3.86. The third kappa shape index (κ3) is 3.58. The molecule has 0 unspecified atom stereocenters. The summed E-state index contributed by atoms with van der Waals surface area (Å²) >= 11 is 3.53. The number of anilines is 1. The lowest BCUT2D eigenvalue weighted by atomic mass is 10.1. The monoisotopic (exact) mass is 337 g/mol. The van der Waals surface area contributed by atoms with Gasteiger partial charge < -0.3 is 10.1 Å². The highest BCUT2D eigenvalue weighted by atomic mass is 79.9. The van der Waals surface area contributed by atoms with E-state index in [2.05, 4.69) is 21.2 Å². The summed E-state index contributed by atoms with van der Waals surface area (Å²) in [6, 6.07) is 11.1. The minimum absolute atomic E-state index is 0.170. The third-order valence-electron chi connectivity index (χ3n) is 3.11. The lowest BCUT2D eigenvalue weighted by Gasteiger charge is -2.13. The first-order valence-electron chi connectivity index (χ1n) is 6.37. The summed E-state index contributed by atoms with van der Waals surface area (Å²) in [5.74, 6) is -0.170. The quantitative estimate of drug-likeness (QED) is 0.856. The SMILES string of the molecule is COCc1c(Br)cccc1NCc1ccc(F)c(C)c1. The molecule has 0 amide bonds. The van der Waals surface area contributed by atoms with E-state index >= 15 is 0 Å². The smallest absolute Gasteiger partial charge is 0.126 e. The van der Waals surface area contributed by atoms with E-state index in [1.54, 1.807) is 20.1 Å². The molecule has 0 bridgehead atoms. The van der Waals surface area contributed by atoms with Crippen LogP contribution in [0.25, 0.3) is 0 Å². The van der Waals surface area contributed by atoms with Crippen molar-refractivity contribution in [2.24, 2.45) is 0 Å². The number of benzene rings is 2. The molecule has 0 saturated carbocycles. The molecule has 0 aromatic heterocycles. The van der Waals surface area contributed by atoms with Crippen molar-refractivity contribution in [3.05, 3.63) is 63.4 Å². The summed E-state index contributed by atoms with van der Waals surface area (Å²) in [6.07, 6.45) is 0. The zero-order valence-corrected chi connectivity index (χ0v) is 13.1. The van der Waals surface area contributed by atoms with Crippen molar-refractivity contribution >= 4 is 21.6 Å². The van der Waals surface area contributed by atoms with Crippen LogP contribution in [0.4, 0.5) is 10.1 Å². The van der Waals surface area contributed by atoms with Crippen molar-refractivity contribution in [1.29, 1.82) is 0 Å². The van der Waals surface area contributed by atoms with Gasteiger partial charge in [-0.15, -0.1) is 0 Å². The van der Waals surface area contributed by atoms with Gasteiger partial charge in [-0.25, -0.2) is 4.39 Å². The average molecular weight is 338 g/mol. The Bertz CT molecular complexity index is 601. The Morgan fingerprint density at radius 3 is 2.75 bits per heavy atom. The number of hydrogen-bond donors (Lipinski definition) is 1. The molecule has 0 spiro atoms. The van der Waals surface area contributed by atoms with Gasteiger partial charge in [0.25, 0.3) is 0 Å². The molecule has 2 aromatic carbocycles. The van der Waals surface area contributed by atoms with E-state index in [0.717, 1.165) is 21.3 Å². The molecule has 0 aliphatic rings. The Morgan fingerprint density at radius 2 is 2.05 bits per heavy atom. The molecule has 0 atom stereocenters. The molecule has 2 rings (SSSR count). The molecular formula is C16H17BrFNO. The number of rotatable bonds is 5. The van der Waals surface area contributed by atoms with E-state index in [0.29, 0.717) is 18.7 Å². The Morgan fingerprint density at radius 1 is 1.25 bits per heavy atom. The Kier molecular flexibility index (Phi) is 5.15. The van der Waals surface area contributed by atoms with Crippen LogP contribution in [0.1, 0.15) is 16.7 Å². The van der Waals surface area contributed by atoms with Crippen LogP contribution < -0.4 is 5.32 Å². The lowest BCUT2D eigenvalue weighted by Crippen LogP contribution is -2.04. The molecule has 0 radical (unpaired) electrons. The molecule has 106 valence electrons. The minimum atomic E-state index is -0.170. The fourth-order valence-electron chi connectivity index (χ4n) is 2.03. The fourth-order valence-corrected chi connectivity index (χ4v) is 2.51. The molecule has 20 heavy (non-hydrogen) atoms. The minimum Gasteiger partial charge on any atom is -0.381 e. The molecule has 0 aliphatic heterocycles. The summed E-state index contributed by atoms with van der Waals surface area (Å²) in [6.45, 7) is 2.95. The van der Waals surface area contributed by atoms with Crippen molar-refractivity contribution in [1.82, 2.24) is 0 Å². The van der Waals surface area contributed by atoms with Crippen LogP contribution in [0.3, 0.4) is 0 Å². The number of halogens is 2. The largest absolute Gasteiger partial charge is 0.381 e. The van der Waals surface area contributed by atoms with Crippen molar-refractivity contribution in [2.45, 2.75) is 20.1 Å². The topological polar surface area (TPSA) is 21.3 Å².